The van der Waals surface area contributed by atoms with E-state index in [0.717, 1.165) is 5.56 Å². The fourth-order valence-corrected chi connectivity index (χ4v) is 1.58. The second kappa shape index (κ2) is 7.10. The highest BCUT2D eigenvalue weighted by molar-refractivity contribution is 6.34. The fourth-order valence-electron chi connectivity index (χ4n) is 1.58. The maximum atomic E-state index is 8.85. The summed E-state index contributed by atoms with van der Waals surface area (Å²) < 4.78 is 15.1. The van der Waals surface area contributed by atoms with Crippen molar-refractivity contribution in [3.05, 3.63) is 17.7 Å². The highest BCUT2D eigenvalue weighted by Crippen LogP contribution is 2.38. The molecule has 0 saturated carbocycles. The van der Waals surface area contributed by atoms with E-state index in [-0.39, 0.29) is 12.4 Å². The number of rotatable bonds is 7. The van der Waals surface area contributed by atoms with Crippen LogP contribution in [0, 0.1) is 0 Å². The molecule has 0 aliphatic carbocycles. The van der Waals surface area contributed by atoms with Crippen molar-refractivity contribution in [1.82, 2.24) is 0 Å². The number of methoxy groups -OCH3 is 2. The van der Waals surface area contributed by atoms with Gasteiger partial charge in [0.1, 0.15) is 0 Å². The molecular formula is C11H17BO6. The third-order valence-electron chi connectivity index (χ3n) is 2.37. The molecule has 0 aliphatic heterocycles. The molecule has 100 valence electrons. The first-order valence-corrected chi connectivity index (χ1v) is 5.51. The lowest BCUT2D eigenvalue weighted by atomic mass is 10.1. The summed E-state index contributed by atoms with van der Waals surface area (Å²) in [5, 5.41) is 26.5. The third kappa shape index (κ3) is 3.80. The molecule has 0 unspecified atom stereocenters. The average molecular weight is 256 g/mol. The Morgan fingerprint density at radius 1 is 1.11 bits per heavy atom. The van der Waals surface area contributed by atoms with Gasteiger partial charge in [0, 0.05) is 6.61 Å². The van der Waals surface area contributed by atoms with Crippen LogP contribution in [0.3, 0.4) is 0 Å². The second-order valence-corrected chi connectivity index (χ2v) is 3.60. The molecule has 0 bridgehead atoms. The SMILES string of the molecule is COc1cc(CCCO)cc(OC)c1OB(O)O. The molecule has 0 atom stereocenters. The summed E-state index contributed by atoms with van der Waals surface area (Å²) in [4.78, 5) is 0. The van der Waals surface area contributed by atoms with Crippen molar-refractivity contribution in [3.8, 4) is 17.2 Å². The predicted molar refractivity (Wildman–Crippen MR) is 65.8 cm³/mol. The Kier molecular flexibility index (Phi) is 5.77. The van der Waals surface area contributed by atoms with Crippen molar-refractivity contribution in [1.29, 1.82) is 0 Å². The topological polar surface area (TPSA) is 88.4 Å². The Bertz CT molecular complexity index is 357. The molecule has 0 radical (unpaired) electrons. The monoisotopic (exact) mass is 256 g/mol. The second-order valence-electron chi connectivity index (χ2n) is 3.60. The minimum atomic E-state index is -1.95. The minimum absolute atomic E-state index is 0.0955. The van der Waals surface area contributed by atoms with Gasteiger partial charge in [-0.2, -0.15) is 0 Å². The van der Waals surface area contributed by atoms with Gasteiger partial charge in [-0.05, 0) is 30.5 Å². The zero-order valence-electron chi connectivity index (χ0n) is 10.4. The first kappa shape index (κ1) is 14.6. The number of ether oxygens (including phenoxy) is 2. The van der Waals surface area contributed by atoms with Gasteiger partial charge >= 0.3 is 7.32 Å². The molecule has 3 N–H and O–H groups in total. The van der Waals surface area contributed by atoms with Crippen molar-refractivity contribution in [2.75, 3.05) is 20.8 Å². The molecule has 18 heavy (non-hydrogen) atoms. The van der Waals surface area contributed by atoms with Crippen LogP contribution >= 0.6 is 0 Å². The van der Waals surface area contributed by atoms with E-state index in [0.29, 0.717) is 24.3 Å². The summed E-state index contributed by atoms with van der Waals surface area (Å²) in [7, 11) is 0.943. The van der Waals surface area contributed by atoms with Gasteiger partial charge in [-0.1, -0.05) is 0 Å². The van der Waals surface area contributed by atoms with Gasteiger partial charge in [-0.25, -0.2) is 0 Å². The number of hydrogen-bond donors (Lipinski definition) is 3. The van der Waals surface area contributed by atoms with Crippen LogP contribution in [0.4, 0.5) is 0 Å². The molecule has 0 amide bonds. The van der Waals surface area contributed by atoms with E-state index in [1.807, 2.05) is 0 Å². The van der Waals surface area contributed by atoms with E-state index in [2.05, 4.69) is 0 Å². The van der Waals surface area contributed by atoms with Gasteiger partial charge in [-0.15, -0.1) is 0 Å². The molecule has 6 nitrogen and oxygen atoms in total. The summed E-state index contributed by atoms with van der Waals surface area (Å²) in [5.74, 6) is 0.813. The van der Waals surface area contributed by atoms with Crippen molar-refractivity contribution >= 4 is 7.32 Å². The van der Waals surface area contributed by atoms with Gasteiger partial charge in [0.05, 0.1) is 14.2 Å². The zero-order valence-corrected chi connectivity index (χ0v) is 10.4. The first-order chi connectivity index (χ1) is 8.62. The van der Waals surface area contributed by atoms with Crippen LogP contribution in [-0.4, -0.2) is 43.3 Å². The van der Waals surface area contributed by atoms with Crippen LogP contribution in [0.25, 0.3) is 0 Å². The van der Waals surface area contributed by atoms with E-state index in [1.54, 1.807) is 12.1 Å². The average Bonchev–Trinajstić information content (AvgIpc) is 2.36. The van der Waals surface area contributed by atoms with Crippen LogP contribution < -0.4 is 14.1 Å². The number of aryl methyl sites for hydroxylation is 1. The number of benzene rings is 1. The molecule has 0 spiro atoms. The number of aliphatic hydroxyl groups is 1. The van der Waals surface area contributed by atoms with Crippen LogP contribution in [0.15, 0.2) is 12.1 Å². The lowest BCUT2D eigenvalue weighted by molar-refractivity contribution is 0.269. The Hall–Kier alpha value is -1.44. The third-order valence-corrected chi connectivity index (χ3v) is 2.37. The molecule has 7 heteroatoms. The molecule has 0 fully saturated rings. The summed E-state index contributed by atoms with van der Waals surface area (Å²) >= 11 is 0. The lowest BCUT2D eigenvalue weighted by Gasteiger charge is -2.15. The normalized spacial score (nSPS) is 10.1. The van der Waals surface area contributed by atoms with Gasteiger partial charge in [0.25, 0.3) is 0 Å². The van der Waals surface area contributed by atoms with Crippen LogP contribution in [0.5, 0.6) is 17.2 Å². The van der Waals surface area contributed by atoms with Crippen LogP contribution in [-0.2, 0) is 6.42 Å². The molecule has 1 rings (SSSR count). The van der Waals surface area contributed by atoms with Crippen LogP contribution in [0.2, 0.25) is 0 Å². The number of aliphatic hydroxyl groups excluding tert-OH is 1. The van der Waals surface area contributed by atoms with Crippen molar-refractivity contribution < 1.29 is 29.3 Å². The van der Waals surface area contributed by atoms with E-state index < -0.39 is 7.32 Å². The van der Waals surface area contributed by atoms with Crippen molar-refractivity contribution in [2.45, 2.75) is 12.8 Å². The highest BCUT2D eigenvalue weighted by Gasteiger charge is 2.20. The standard InChI is InChI=1S/C11H17BO6/c1-16-9-6-8(4-3-5-13)7-10(17-2)11(9)18-12(14)15/h6-7,13-15H,3-5H2,1-2H3. The summed E-state index contributed by atoms with van der Waals surface area (Å²) in [6.45, 7) is 0.0955. The molecule has 0 aliphatic rings. The van der Waals surface area contributed by atoms with Gasteiger partial charge in [0.15, 0.2) is 17.2 Å². The van der Waals surface area contributed by atoms with E-state index >= 15 is 0 Å². The summed E-state index contributed by atoms with van der Waals surface area (Å²) in [5.41, 5.74) is 0.900. The Balaban J connectivity index is 3.08. The van der Waals surface area contributed by atoms with E-state index in [9.17, 15) is 0 Å². The Morgan fingerprint density at radius 3 is 2.06 bits per heavy atom. The maximum Gasteiger partial charge on any atom is 0.707 e. The molecular weight excluding hydrogens is 239 g/mol. The molecule has 0 aromatic heterocycles. The van der Waals surface area contributed by atoms with E-state index in [1.165, 1.54) is 14.2 Å². The smallest absolute Gasteiger partial charge is 0.506 e. The fraction of sp³-hybridized carbons (Fsp3) is 0.455. The van der Waals surface area contributed by atoms with Gasteiger partial charge in [0.2, 0.25) is 0 Å². The summed E-state index contributed by atoms with van der Waals surface area (Å²) in [6.07, 6.45) is 1.28. The van der Waals surface area contributed by atoms with E-state index in [4.69, 9.17) is 29.3 Å². The van der Waals surface area contributed by atoms with Gasteiger partial charge in [-0.3, -0.25) is 0 Å². The molecule has 1 aromatic rings. The first-order valence-electron chi connectivity index (χ1n) is 5.51. The zero-order chi connectivity index (χ0) is 13.5. The van der Waals surface area contributed by atoms with Gasteiger partial charge < -0.3 is 29.3 Å². The van der Waals surface area contributed by atoms with Crippen molar-refractivity contribution in [3.63, 3.8) is 0 Å². The van der Waals surface area contributed by atoms with Crippen molar-refractivity contribution in [2.24, 2.45) is 0 Å². The lowest BCUT2D eigenvalue weighted by Crippen LogP contribution is -2.21. The highest BCUT2D eigenvalue weighted by atomic mass is 16.6. The summed E-state index contributed by atoms with van der Waals surface area (Å²) in [6, 6.07) is 3.41. The molecule has 1 aromatic carbocycles. The Labute approximate surface area is 106 Å². The largest absolute Gasteiger partial charge is 0.707 e. The quantitative estimate of drug-likeness (QED) is 0.594. The number of hydrogen-bond acceptors (Lipinski definition) is 6. The molecule has 0 saturated heterocycles. The molecule has 0 heterocycles. The Morgan fingerprint density at radius 2 is 1.67 bits per heavy atom. The maximum absolute atomic E-state index is 8.85. The predicted octanol–water partition coefficient (Wildman–Crippen LogP) is -0.0230. The van der Waals surface area contributed by atoms with Crippen LogP contribution in [0.1, 0.15) is 12.0 Å². The minimum Gasteiger partial charge on any atom is -0.506 e.